The van der Waals surface area contributed by atoms with Gasteiger partial charge in [-0.15, -0.1) is 0 Å². The third-order valence-electron chi connectivity index (χ3n) is 2.89. The summed E-state index contributed by atoms with van der Waals surface area (Å²) in [7, 11) is 3.82. The molecule has 1 aromatic carbocycles. The fourth-order valence-electron chi connectivity index (χ4n) is 2.08. The highest BCUT2D eigenvalue weighted by atomic mass is 35.5. The third kappa shape index (κ3) is 2.67. The molecule has 98 valence electrons. The van der Waals surface area contributed by atoms with Crippen LogP contribution in [-0.2, 0) is 6.54 Å². The predicted octanol–water partition coefficient (Wildman–Crippen LogP) is 2.71. The van der Waals surface area contributed by atoms with Crippen molar-refractivity contribution in [3.8, 4) is 6.07 Å². The van der Waals surface area contributed by atoms with E-state index in [4.69, 9.17) is 17.3 Å². The van der Waals surface area contributed by atoms with Crippen LogP contribution in [0, 0.1) is 11.3 Å². The van der Waals surface area contributed by atoms with Gasteiger partial charge in [-0.25, -0.2) is 0 Å². The summed E-state index contributed by atoms with van der Waals surface area (Å²) in [5.74, 6) is 0.839. The van der Waals surface area contributed by atoms with Crippen LogP contribution in [0.4, 0.5) is 11.5 Å². The number of hydrogen-bond acceptors (Lipinski definition) is 3. The molecule has 0 unspecified atom stereocenters. The van der Waals surface area contributed by atoms with E-state index in [-0.39, 0.29) is 0 Å². The van der Waals surface area contributed by atoms with Crippen LogP contribution < -0.4 is 10.6 Å². The van der Waals surface area contributed by atoms with Gasteiger partial charge in [-0.05, 0) is 23.8 Å². The van der Waals surface area contributed by atoms with Crippen molar-refractivity contribution in [3.05, 3.63) is 46.6 Å². The second-order valence-electron chi connectivity index (χ2n) is 4.53. The Labute approximate surface area is 117 Å². The minimum atomic E-state index is 0.552. The maximum absolute atomic E-state index is 9.19. The number of aromatic nitrogens is 1. The smallest absolute Gasteiger partial charge is 0.133 e. The number of halogens is 1. The van der Waals surface area contributed by atoms with Gasteiger partial charge in [0, 0.05) is 19.1 Å². The Morgan fingerprint density at radius 3 is 2.47 bits per heavy atom. The molecule has 0 fully saturated rings. The van der Waals surface area contributed by atoms with Gasteiger partial charge in [-0.3, -0.25) is 0 Å². The van der Waals surface area contributed by atoms with Gasteiger partial charge in [0.2, 0.25) is 0 Å². The molecule has 5 heteroatoms. The van der Waals surface area contributed by atoms with Crippen LogP contribution >= 0.6 is 11.6 Å². The highest BCUT2D eigenvalue weighted by Crippen LogP contribution is 2.27. The molecule has 0 aliphatic carbocycles. The van der Waals surface area contributed by atoms with E-state index in [0.29, 0.717) is 22.9 Å². The first-order valence-corrected chi connectivity index (χ1v) is 6.21. The maximum atomic E-state index is 9.19. The summed E-state index contributed by atoms with van der Waals surface area (Å²) >= 11 is 5.87. The zero-order valence-corrected chi connectivity index (χ0v) is 11.6. The molecule has 0 amide bonds. The van der Waals surface area contributed by atoms with E-state index in [0.717, 1.165) is 11.4 Å². The number of anilines is 2. The van der Waals surface area contributed by atoms with Crippen LogP contribution in [0.2, 0.25) is 5.02 Å². The number of nitrogen functional groups attached to an aromatic ring is 1. The van der Waals surface area contributed by atoms with Crippen molar-refractivity contribution in [2.45, 2.75) is 6.54 Å². The van der Waals surface area contributed by atoms with Gasteiger partial charge >= 0.3 is 0 Å². The molecule has 2 aromatic rings. The zero-order valence-electron chi connectivity index (χ0n) is 10.9. The number of nitrogens with zero attached hydrogens (tertiary/aromatic N) is 3. The van der Waals surface area contributed by atoms with Crippen LogP contribution in [-0.4, -0.2) is 18.7 Å². The van der Waals surface area contributed by atoms with Crippen LogP contribution in [0.15, 0.2) is 30.3 Å². The van der Waals surface area contributed by atoms with Crippen LogP contribution in [0.1, 0.15) is 11.3 Å². The molecule has 0 saturated carbocycles. The van der Waals surface area contributed by atoms with Crippen molar-refractivity contribution in [1.29, 1.82) is 5.26 Å². The quantitative estimate of drug-likeness (QED) is 0.936. The number of hydrogen-bond donors (Lipinski definition) is 1. The lowest BCUT2D eigenvalue weighted by molar-refractivity contribution is 0.779. The minimum absolute atomic E-state index is 0.552. The van der Waals surface area contributed by atoms with Gasteiger partial charge in [-0.1, -0.05) is 23.7 Å². The minimum Gasteiger partial charge on any atom is -0.396 e. The first kappa shape index (κ1) is 13.3. The second-order valence-corrected chi connectivity index (χ2v) is 4.96. The normalized spacial score (nSPS) is 10.2. The average Bonchev–Trinajstić information content (AvgIpc) is 2.68. The fourth-order valence-corrected chi connectivity index (χ4v) is 2.21. The van der Waals surface area contributed by atoms with Crippen LogP contribution in [0.25, 0.3) is 0 Å². The van der Waals surface area contributed by atoms with E-state index in [1.807, 2.05) is 47.8 Å². The number of rotatable bonds is 3. The van der Waals surface area contributed by atoms with Crippen LogP contribution in [0.5, 0.6) is 0 Å². The van der Waals surface area contributed by atoms with Crippen molar-refractivity contribution in [3.63, 3.8) is 0 Å². The van der Waals surface area contributed by atoms with Gasteiger partial charge in [0.15, 0.2) is 0 Å². The van der Waals surface area contributed by atoms with E-state index in [1.54, 1.807) is 6.07 Å². The SMILES string of the molecule is CN(C)c1c(N)cc(C#N)n1Cc1ccc(Cl)cc1. The molecule has 1 aromatic heterocycles. The zero-order chi connectivity index (χ0) is 14.0. The van der Waals surface area contributed by atoms with E-state index >= 15 is 0 Å². The Morgan fingerprint density at radius 2 is 1.95 bits per heavy atom. The molecule has 0 atom stereocenters. The van der Waals surface area contributed by atoms with Gasteiger partial charge in [0.05, 0.1) is 12.2 Å². The Hall–Kier alpha value is -2.12. The van der Waals surface area contributed by atoms with Gasteiger partial charge < -0.3 is 15.2 Å². The highest BCUT2D eigenvalue weighted by Gasteiger charge is 2.14. The second kappa shape index (κ2) is 5.25. The van der Waals surface area contributed by atoms with E-state index < -0.39 is 0 Å². The van der Waals surface area contributed by atoms with E-state index in [9.17, 15) is 5.26 Å². The summed E-state index contributed by atoms with van der Waals surface area (Å²) in [5.41, 5.74) is 8.19. The Kier molecular flexibility index (Phi) is 3.68. The Bertz CT molecular complexity index is 620. The molecular weight excluding hydrogens is 260 g/mol. The molecule has 0 aliphatic rings. The van der Waals surface area contributed by atoms with Gasteiger partial charge in [0.1, 0.15) is 17.6 Å². The monoisotopic (exact) mass is 274 g/mol. The molecule has 0 aliphatic heterocycles. The lowest BCUT2D eigenvalue weighted by atomic mass is 10.2. The summed E-state index contributed by atoms with van der Waals surface area (Å²) in [6.45, 7) is 0.588. The molecule has 19 heavy (non-hydrogen) atoms. The van der Waals surface area contributed by atoms with Crippen molar-refractivity contribution < 1.29 is 0 Å². The van der Waals surface area contributed by atoms with E-state index in [2.05, 4.69) is 6.07 Å². The van der Waals surface area contributed by atoms with E-state index in [1.165, 1.54) is 0 Å². The van der Waals surface area contributed by atoms with Crippen molar-refractivity contribution in [1.82, 2.24) is 4.57 Å². The molecule has 1 heterocycles. The van der Waals surface area contributed by atoms with Gasteiger partial charge in [-0.2, -0.15) is 5.26 Å². The largest absolute Gasteiger partial charge is 0.396 e. The molecular formula is C14H15ClN4. The molecule has 0 saturated heterocycles. The molecule has 4 nitrogen and oxygen atoms in total. The molecule has 0 bridgehead atoms. The average molecular weight is 275 g/mol. The van der Waals surface area contributed by atoms with Gasteiger partial charge in [0.25, 0.3) is 0 Å². The lowest BCUT2D eigenvalue weighted by Gasteiger charge is -2.18. The fraction of sp³-hybridized carbons (Fsp3) is 0.214. The lowest BCUT2D eigenvalue weighted by Crippen LogP contribution is -2.17. The van der Waals surface area contributed by atoms with Crippen molar-refractivity contribution >= 4 is 23.1 Å². The summed E-state index contributed by atoms with van der Waals surface area (Å²) in [6, 6.07) is 11.4. The summed E-state index contributed by atoms with van der Waals surface area (Å²) in [6.07, 6.45) is 0. The first-order valence-electron chi connectivity index (χ1n) is 5.84. The number of nitriles is 1. The van der Waals surface area contributed by atoms with Crippen LogP contribution in [0.3, 0.4) is 0 Å². The number of benzene rings is 1. The molecule has 0 spiro atoms. The summed E-state index contributed by atoms with van der Waals surface area (Å²) in [5, 5.41) is 9.89. The third-order valence-corrected chi connectivity index (χ3v) is 3.14. The Balaban J connectivity index is 2.44. The maximum Gasteiger partial charge on any atom is 0.133 e. The first-order chi connectivity index (χ1) is 9.02. The molecule has 2 rings (SSSR count). The standard InChI is InChI=1S/C14H15ClN4/c1-18(2)14-13(17)7-12(8-16)19(14)9-10-3-5-11(15)6-4-10/h3-7H,9,17H2,1-2H3. The number of nitrogens with two attached hydrogens (primary N) is 1. The highest BCUT2D eigenvalue weighted by molar-refractivity contribution is 6.30. The topological polar surface area (TPSA) is 58.0 Å². The Morgan fingerprint density at radius 1 is 1.32 bits per heavy atom. The predicted molar refractivity (Wildman–Crippen MR) is 78.4 cm³/mol. The molecule has 2 N–H and O–H groups in total. The van der Waals surface area contributed by atoms with Crippen molar-refractivity contribution in [2.75, 3.05) is 24.7 Å². The molecule has 0 radical (unpaired) electrons. The van der Waals surface area contributed by atoms with Crippen molar-refractivity contribution in [2.24, 2.45) is 0 Å². The summed E-state index contributed by atoms with van der Waals surface area (Å²) < 4.78 is 1.90. The summed E-state index contributed by atoms with van der Waals surface area (Å²) in [4.78, 5) is 1.91.